The molecule has 176 valence electrons. The first kappa shape index (κ1) is 24.2. The number of fused-ring (bicyclic) bond motifs is 1. The van der Waals surface area contributed by atoms with E-state index in [1.165, 1.54) is 4.90 Å². The molecule has 0 saturated heterocycles. The quantitative estimate of drug-likeness (QED) is 0.553. The number of esters is 1. The van der Waals surface area contributed by atoms with Crippen LogP contribution in [0.3, 0.4) is 0 Å². The van der Waals surface area contributed by atoms with Crippen LogP contribution in [0.1, 0.15) is 60.8 Å². The van der Waals surface area contributed by atoms with Crippen molar-refractivity contribution in [1.29, 1.82) is 0 Å². The lowest BCUT2D eigenvalue weighted by molar-refractivity contribution is -0.155. The summed E-state index contributed by atoms with van der Waals surface area (Å²) in [6, 6.07) is 7.71. The number of pyridine rings is 1. The van der Waals surface area contributed by atoms with E-state index in [4.69, 9.17) is 20.3 Å². The number of aliphatic hydroxyl groups excluding tert-OH is 1. The van der Waals surface area contributed by atoms with Crippen molar-refractivity contribution >= 4 is 17.8 Å². The van der Waals surface area contributed by atoms with E-state index in [0.29, 0.717) is 22.6 Å². The molecule has 2 aromatic rings. The molecule has 0 saturated carbocycles. The molecule has 9 nitrogen and oxygen atoms in total. The minimum absolute atomic E-state index is 0.0365. The molecule has 33 heavy (non-hydrogen) atoms. The molecule has 0 fully saturated rings. The molecular formula is C24H29N3O6. The van der Waals surface area contributed by atoms with Gasteiger partial charge in [0.15, 0.2) is 0 Å². The lowest BCUT2D eigenvalue weighted by Crippen LogP contribution is -2.45. The lowest BCUT2D eigenvalue weighted by atomic mass is 10.1. The van der Waals surface area contributed by atoms with E-state index in [-0.39, 0.29) is 38.5 Å². The molecule has 2 heterocycles. The predicted molar refractivity (Wildman–Crippen MR) is 119 cm³/mol. The van der Waals surface area contributed by atoms with Crippen LogP contribution in [-0.2, 0) is 34.1 Å². The summed E-state index contributed by atoms with van der Waals surface area (Å²) in [5.74, 6) is -0.956. The second kappa shape index (κ2) is 9.99. The maximum atomic E-state index is 13.0. The van der Waals surface area contributed by atoms with Crippen LogP contribution >= 0.6 is 0 Å². The summed E-state index contributed by atoms with van der Waals surface area (Å²) < 4.78 is 11.2. The first-order chi connectivity index (χ1) is 15.6. The Balaban J connectivity index is 1.71. The van der Waals surface area contributed by atoms with E-state index in [0.717, 1.165) is 5.56 Å². The summed E-state index contributed by atoms with van der Waals surface area (Å²) in [4.78, 5) is 42.8. The van der Waals surface area contributed by atoms with Gasteiger partial charge in [-0.05, 0) is 45.4 Å². The first-order valence-corrected chi connectivity index (χ1v) is 10.7. The third-order valence-corrected chi connectivity index (χ3v) is 5.14. The number of nitrogens with zero attached hydrogens (tertiary/aromatic N) is 2. The topological polar surface area (TPSA) is 132 Å². The third kappa shape index (κ3) is 6.07. The minimum atomic E-state index is -0.944. The van der Waals surface area contributed by atoms with Crippen LogP contribution in [0.2, 0.25) is 0 Å². The second-order valence-electron chi connectivity index (χ2n) is 8.86. The van der Waals surface area contributed by atoms with Gasteiger partial charge in [0.25, 0.3) is 5.91 Å². The van der Waals surface area contributed by atoms with Crippen molar-refractivity contribution in [3.63, 3.8) is 0 Å². The molecule has 9 heteroatoms. The molecule has 1 aliphatic heterocycles. The molecule has 1 aromatic carbocycles. The molecule has 3 N–H and O–H groups in total. The number of carbonyl (C=O) groups is 3. The molecule has 0 aliphatic carbocycles. The van der Waals surface area contributed by atoms with Gasteiger partial charge in [-0.15, -0.1) is 0 Å². The summed E-state index contributed by atoms with van der Waals surface area (Å²) in [7, 11) is 0. The highest BCUT2D eigenvalue weighted by Gasteiger charge is 2.37. The smallest absolute Gasteiger partial charge is 0.306 e. The van der Waals surface area contributed by atoms with Crippen LogP contribution in [0.5, 0.6) is 5.75 Å². The molecule has 0 unspecified atom stereocenters. The van der Waals surface area contributed by atoms with E-state index in [1.54, 1.807) is 57.3 Å². The van der Waals surface area contributed by atoms with E-state index < -0.39 is 23.5 Å². The maximum Gasteiger partial charge on any atom is 0.306 e. The van der Waals surface area contributed by atoms with Crippen molar-refractivity contribution in [3.8, 4) is 5.75 Å². The Morgan fingerprint density at radius 1 is 1.24 bits per heavy atom. The highest BCUT2D eigenvalue weighted by Crippen LogP contribution is 2.33. The molecular weight excluding hydrogens is 426 g/mol. The number of hydrogen-bond donors (Lipinski definition) is 2. The number of aromatic nitrogens is 1. The number of primary amides is 1. The van der Waals surface area contributed by atoms with Crippen LogP contribution in [-0.4, -0.2) is 44.4 Å². The fourth-order valence-corrected chi connectivity index (χ4v) is 3.61. The number of benzene rings is 1. The maximum absolute atomic E-state index is 13.0. The fourth-order valence-electron chi connectivity index (χ4n) is 3.61. The van der Waals surface area contributed by atoms with Crippen LogP contribution in [0.25, 0.3) is 0 Å². The Bertz CT molecular complexity index is 1030. The summed E-state index contributed by atoms with van der Waals surface area (Å²) in [6.07, 6.45) is 1.65. The Labute approximate surface area is 192 Å². The van der Waals surface area contributed by atoms with Crippen molar-refractivity contribution in [1.82, 2.24) is 9.88 Å². The highest BCUT2D eigenvalue weighted by molar-refractivity contribution is 6.01. The Morgan fingerprint density at radius 2 is 2.00 bits per heavy atom. The molecule has 0 radical (unpaired) electrons. The molecule has 0 spiro atoms. The van der Waals surface area contributed by atoms with Crippen LogP contribution < -0.4 is 10.5 Å². The zero-order valence-electron chi connectivity index (χ0n) is 19.0. The van der Waals surface area contributed by atoms with Crippen LogP contribution in [0.15, 0.2) is 36.5 Å². The van der Waals surface area contributed by atoms with Gasteiger partial charge in [-0.1, -0.05) is 12.1 Å². The first-order valence-electron chi connectivity index (χ1n) is 10.7. The lowest BCUT2D eigenvalue weighted by Gasteiger charge is -2.26. The van der Waals surface area contributed by atoms with Gasteiger partial charge < -0.3 is 25.2 Å². The van der Waals surface area contributed by atoms with Gasteiger partial charge in [0.1, 0.15) is 24.0 Å². The van der Waals surface area contributed by atoms with Crippen LogP contribution in [0.4, 0.5) is 0 Å². The number of hydrogen-bond acceptors (Lipinski definition) is 7. The van der Waals surface area contributed by atoms with Gasteiger partial charge in [0.2, 0.25) is 5.91 Å². The largest absolute Gasteiger partial charge is 0.488 e. The monoisotopic (exact) mass is 455 g/mol. The van der Waals surface area contributed by atoms with Gasteiger partial charge in [0, 0.05) is 29.3 Å². The zero-order chi connectivity index (χ0) is 24.2. The number of nitrogens with two attached hydrogens (primary N) is 1. The summed E-state index contributed by atoms with van der Waals surface area (Å²) in [6.45, 7) is 5.51. The highest BCUT2D eigenvalue weighted by atomic mass is 16.6. The number of ether oxygens (including phenoxy) is 2. The Kier molecular flexibility index (Phi) is 7.33. The van der Waals surface area contributed by atoms with Crippen molar-refractivity contribution in [2.24, 2.45) is 5.73 Å². The van der Waals surface area contributed by atoms with Crippen molar-refractivity contribution in [2.45, 2.75) is 65.0 Å². The van der Waals surface area contributed by atoms with Gasteiger partial charge in [-0.2, -0.15) is 0 Å². The molecule has 1 aromatic heterocycles. The van der Waals surface area contributed by atoms with Crippen LogP contribution in [0, 0.1) is 0 Å². The van der Waals surface area contributed by atoms with E-state index in [1.807, 2.05) is 0 Å². The molecule has 3 rings (SSSR count). The third-order valence-electron chi connectivity index (χ3n) is 5.14. The molecule has 0 bridgehead atoms. The van der Waals surface area contributed by atoms with Gasteiger partial charge in [-0.25, -0.2) is 0 Å². The number of amides is 2. The Hall–Kier alpha value is -3.46. The molecule has 1 aliphatic rings. The minimum Gasteiger partial charge on any atom is -0.488 e. The fraction of sp³-hybridized carbons (Fsp3) is 0.417. The number of carbonyl (C=O) groups excluding carboxylic acids is 3. The Morgan fingerprint density at radius 3 is 2.61 bits per heavy atom. The number of aliphatic hydroxyl groups is 1. The van der Waals surface area contributed by atoms with Crippen molar-refractivity contribution < 1.29 is 29.0 Å². The van der Waals surface area contributed by atoms with E-state index in [2.05, 4.69) is 4.98 Å². The summed E-state index contributed by atoms with van der Waals surface area (Å²) in [5.41, 5.74) is 7.40. The normalized spacial score (nSPS) is 14.1. The molecule has 1 atom stereocenters. The van der Waals surface area contributed by atoms with Gasteiger partial charge >= 0.3 is 5.97 Å². The second-order valence-corrected chi connectivity index (χ2v) is 8.86. The van der Waals surface area contributed by atoms with Gasteiger partial charge in [-0.3, -0.25) is 19.4 Å². The van der Waals surface area contributed by atoms with Gasteiger partial charge in [0.05, 0.1) is 18.8 Å². The summed E-state index contributed by atoms with van der Waals surface area (Å²) >= 11 is 0. The standard InChI is InChI=1S/C24H29N3O6/c1-24(2,3)33-21(29)10-9-19(22(25)30)27-12-18-17(23(27)31)5-4-6-20(18)32-14-15-7-8-16(13-28)26-11-15/h4-8,11,19,28H,9-10,12-14H2,1-3H3,(H2,25,30)/t19-/m0/s1. The SMILES string of the molecule is CC(C)(C)OC(=O)CC[C@@H](C(N)=O)N1Cc2c(OCc3ccc(CO)nc3)cccc2C1=O. The molecule has 2 amide bonds. The average molecular weight is 456 g/mol. The van der Waals surface area contributed by atoms with Crippen molar-refractivity contribution in [2.75, 3.05) is 0 Å². The predicted octanol–water partition coefficient (Wildman–Crippen LogP) is 2.08. The van der Waals surface area contributed by atoms with E-state index in [9.17, 15) is 14.4 Å². The van der Waals surface area contributed by atoms with E-state index >= 15 is 0 Å². The number of rotatable bonds is 9. The average Bonchev–Trinajstić information content (AvgIpc) is 3.08. The zero-order valence-corrected chi connectivity index (χ0v) is 19.0. The summed E-state index contributed by atoms with van der Waals surface area (Å²) in [5, 5.41) is 9.11. The van der Waals surface area contributed by atoms with Crippen molar-refractivity contribution in [3.05, 3.63) is 58.9 Å².